The third kappa shape index (κ3) is 3.82. The maximum Gasteiger partial charge on any atom is 0.229 e. The predicted octanol–water partition coefficient (Wildman–Crippen LogP) is 6.46. The van der Waals surface area contributed by atoms with Gasteiger partial charge in [-0.2, -0.15) is 4.98 Å². The van der Waals surface area contributed by atoms with Crippen molar-refractivity contribution in [2.45, 2.75) is 6.92 Å². The molecule has 0 amide bonds. The molecule has 8 heteroatoms. The van der Waals surface area contributed by atoms with Crippen molar-refractivity contribution in [3.8, 4) is 0 Å². The molecule has 0 fully saturated rings. The summed E-state index contributed by atoms with van der Waals surface area (Å²) in [6.45, 7) is 1.89. The van der Waals surface area contributed by atoms with Crippen LogP contribution in [0.15, 0.2) is 53.1 Å². The second-order valence-electron chi connectivity index (χ2n) is 5.88. The largest absolute Gasteiger partial charge is 0.461 e. The van der Waals surface area contributed by atoms with E-state index >= 15 is 0 Å². The summed E-state index contributed by atoms with van der Waals surface area (Å²) >= 11 is 11.9. The van der Waals surface area contributed by atoms with Crippen LogP contribution in [0, 0.1) is 12.7 Å². The molecule has 0 aliphatic carbocycles. The van der Waals surface area contributed by atoms with Crippen molar-refractivity contribution in [3.63, 3.8) is 0 Å². The van der Waals surface area contributed by atoms with E-state index in [0.29, 0.717) is 15.7 Å². The van der Waals surface area contributed by atoms with Crippen LogP contribution in [0.25, 0.3) is 11.0 Å². The van der Waals surface area contributed by atoms with E-state index in [1.165, 1.54) is 0 Å². The molecule has 0 bridgehead atoms. The molecule has 2 heterocycles. The number of anilines is 4. The minimum Gasteiger partial charge on any atom is -0.461 e. The summed E-state index contributed by atoms with van der Waals surface area (Å²) in [5.41, 5.74) is 2.11. The highest BCUT2D eigenvalue weighted by atomic mass is 35.5. The van der Waals surface area contributed by atoms with Crippen LogP contribution in [0.5, 0.6) is 0 Å². The summed E-state index contributed by atoms with van der Waals surface area (Å²) in [5, 5.41) is 7.66. The Labute approximate surface area is 164 Å². The van der Waals surface area contributed by atoms with Crippen LogP contribution < -0.4 is 10.6 Å². The van der Waals surface area contributed by atoms with Gasteiger partial charge in [0.05, 0.1) is 16.2 Å². The lowest BCUT2D eigenvalue weighted by Crippen LogP contribution is -2.03. The highest BCUT2D eigenvalue weighted by Crippen LogP contribution is 2.28. The lowest BCUT2D eigenvalue weighted by Gasteiger charge is -2.10. The number of nitrogens with one attached hydrogen (secondary N) is 2. The Morgan fingerprint density at radius 1 is 0.963 bits per heavy atom. The first-order valence-electron chi connectivity index (χ1n) is 8.00. The van der Waals surface area contributed by atoms with Gasteiger partial charge in [-0.3, -0.25) is 0 Å². The fourth-order valence-corrected chi connectivity index (χ4v) is 2.91. The van der Waals surface area contributed by atoms with E-state index in [2.05, 4.69) is 20.6 Å². The molecule has 27 heavy (non-hydrogen) atoms. The molecule has 0 saturated carbocycles. The SMILES string of the molecule is Cc1cc2cc(Nc3ncc(F)c(Nc4ccc(Cl)c(Cl)c4)n3)ccc2o1. The molecule has 2 aromatic heterocycles. The number of fused-ring (bicyclic) bond motifs is 1. The fraction of sp³-hybridized carbons (Fsp3) is 0.0526. The average Bonchev–Trinajstić information content (AvgIpc) is 3.00. The van der Waals surface area contributed by atoms with Gasteiger partial charge in [0, 0.05) is 16.8 Å². The van der Waals surface area contributed by atoms with E-state index in [0.717, 1.165) is 28.6 Å². The molecule has 0 spiro atoms. The minimum atomic E-state index is -0.590. The Bertz CT molecular complexity index is 1150. The fourth-order valence-electron chi connectivity index (χ4n) is 2.61. The minimum absolute atomic E-state index is 0.0196. The van der Waals surface area contributed by atoms with E-state index < -0.39 is 5.82 Å². The molecule has 0 radical (unpaired) electrons. The van der Waals surface area contributed by atoms with Crippen molar-refractivity contribution in [2.75, 3.05) is 10.6 Å². The molecule has 0 aliphatic heterocycles. The molecule has 4 rings (SSSR count). The van der Waals surface area contributed by atoms with Gasteiger partial charge in [-0.25, -0.2) is 9.37 Å². The number of halogens is 3. The number of benzene rings is 2. The Morgan fingerprint density at radius 2 is 1.74 bits per heavy atom. The molecule has 4 aromatic rings. The van der Waals surface area contributed by atoms with Crippen molar-refractivity contribution in [1.82, 2.24) is 9.97 Å². The van der Waals surface area contributed by atoms with Crippen LogP contribution in [0.2, 0.25) is 10.0 Å². The summed E-state index contributed by atoms with van der Waals surface area (Å²) in [4.78, 5) is 8.18. The van der Waals surface area contributed by atoms with Gasteiger partial charge in [0.25, 0.3) is 0 Å². The van der Waals surface area contributed by atoms with E-state index in [9.17, 15) is 4.39 Å². The Balaban J connectivity index is 1.59. The smallest absolute Gasteiger partial charge is 0.229 e. The number of nitrogens with zero attached hydrogens (tertiary/aromatic N) is 2. The monoisotopic (exact) mass is 402 g/mol. The highest BCUT2D eigenvalue weighted by Gasteiger charge is 2.10. The number of hydrogen-bond donors (Lipinski definition) is 2. The summed E-state index contributed by atoms with van der Waals surface area (Å²) < 4.78 is 19.7. The van der Waals surface area contributed by atoms with Crippen LogP contribution in [0.4, 0.5) is 27.5 Å². The summed E-state index contributed by atoms with van der Waals surface area (Å²) in [6.07, 6.45) is 1.09. The summed E-state index contributed by atoms with van der Waals surface area (Å²) in [6, 6.07) is 12.4. The number of aromatic nitrogens is 2. The number of furan rings is 1. The van der Waals surface area contributed by atoms with Gasteiger partial charge in [0.15, 0.2) is 11.6 Å². The van der Waals surface area contributed by atoms with E-state index in [1.54, 1.807) is 18.2 Å². The maximum absolute atomic E-state index is 14.1. The molecule has 0 aliphatic rings. The average molecular weight is 403 g/mol. The van der Waals surface area contributed by atoms with Crippen LogP contribution in [0.1, 0.15) is 5.76 Å². The van der Waals surface area contributed by atoms with E-state index in [1.807, 2.05) is 31.2 Å². The van der Waals surface area contributed by atoms with Gasteiger partial charge >= 0.3 is 0 Å². The second kappa shape index (κ2) is 7.06. The normalized spacial score (nSPS) is 11.0. The highest BCUT2D eigenvalue weighted by molar-refractivity contribution is 6.42. The van der Waals surface area contributed by atoms with Gasteiger partial charge in [-0.15, -0.1) is 0 Å². The Morgan fingerprint density at radius 3 is 2.56 bits per heavy atom. The van der Waals surface area contributed by atoms with Crippen molar-refractivity contribution < 1.29 is 8.81 Å². The number of hydrogen-bond acceptors (Lipinski definition) is 5. The van der Waals surface area contributed by atoms with Crippen LogP contribution >= 0.6 is 23.2 Å². The first-order valence-corrected chi connectivity index (χ1v) is 8.75. The molecule has 2 aromatic carbocycles. The molecule has 0 unspecified atom stereocenters. The second-order valence-corrected chi connectivity index (χ2v) is 6.69. The molecular weight excluding hydrogens is 390 g/mol. The van der Waals surface area contributed by atoms with Crippen molar-refractivity contribution in [2.24, 2.45) is 0 Å². The van der Waals surface area contributed by atoms with Crippen molar-refractivity contribution >= 4 is 57.3 Å². The zero-order valence-corrected chi connectivity index (χ0v) is 15.6. The van der Waals surface area contributed by atoms with Crippen molar-refractivity contribution in [1.29, 1.82) is 0 Å². The first kappa shape index (κ1) is 17.6. The molecule has 136 valence electrons. The number of rotatable bonds is 4. The van der Waals surface area contributed by atoms with Crippen LogP contribution in [-0.4, -0.2) is 9.97 Å². The number of aryl methyl sites for hydroxylation is 1. The molecule has 2 N–H and O–H groups in total. The van der Waals surface area contributed by atoms with Crippen molar-refractivity contribution in [3.05, 3.63) is 70.3 Å². The quantitative estimate of drug-likeness (QED) is 0.409. The van der Waals surface area contributed by atoms with Gasteiger partial charge in [0.1, 0.15) is 11.3 Å². The van der Waals surface area contributed by atoms with Gasteiger partial charge < -0.3 is 15.1 Å². The van der Waals surface area contributed by atoms with Gasteiger partial charge in [-0.1, -0.05) is 23.2 Å². The maximum atomic E-state index is 14.1. The molecule has 0 saturated heterocycles. The zero-order chi connectivity index (χ0) is 19.0. The van der Waals surface area contributed by atoms with Gasteiger partial charge in [-0.05, 0) is 49.4 Å². The van der Waals surface area contributed by atoms with Gasteiger partial charge in [0.2, 0.25) is 5.95 Å². The Kier molecular flexibility index (Phi) is 4.59. The Hall–Kier alpha value is -2.83. The standard InChI is InChI=1S/C19H13Cl2FN4O/c1-10-6-11-7-12(3-5-17(11)27-10)25-19-23-9-16(22)18(26-19)24-13-2-4-14(20)15(21)8-13/h2-9H,1H3,(H2,23,24,25,26). The predicted molar refractivity (Wildman–Crippen MR) is 106 cm³/mol. The molecule has 5 nitrogen and oxygen atoms in total. The summed E-state index contributed by atoms with van der Waals surface area (Å²) in [5.74, 6) is 0.505. The molecular formula is C19H13Cl2FN4O. The van der Waals surface area contributed by atoms with Crippen LogP contribution in [-0.2, 0) is 0 Å². The topological polar surface area (TPSA) is 63.0 Å². The zero-order valence-electron chi connectivity index (χ0n) is 14.1. The van der Waals surface area contributed by atoms with E-state index in [4.69, 9.17) is 27.6 Å². The third-order valence-electron chi connectivity index (χ3n) is 3.82. The first-order chi connectivity index (χ1) is 13.0. The lowest BCUT2D eigenvalue weighted by molar-refractivity contribution is 0.578. The van der Waals surface area contributed by atoms with Crippen LogP contribution in [0.3, 0.4) is 0 Å². The third-order valence-corrected chi connectivity index (χ3v) is 4.56. The molecule has 0 atom stereocenters. The van der Waals surface area contributed by atoms with E-state index in [-0.39, 0.29) is 11.8 Å². The lowest BCUT2D eigenvalue weighted by atomic mass is 10.2. The summed E-state index contributed by atoms with van der Waals surface area (Å²) in [7, 11) is 0.